The van der Waals surface area contributed by atoms with Gasteiger partial charge in [-0.05, 0) is 47.9 Å². The SMILES string of the molecule is CC.CC(C)C(NC(=O)C(C)(F)F)[C@H](Oc1ccc2c(cnn2-c2ccc(=O)n(C)c2)c1)c1ccc(OC(F)(F)F)cc1. The summed E-state index contributed by atoms with van der Waals surface area (Å²) in [5.41, 5.74) is 1.45. The fraction of sp³-hybridized carbons (Fsp3) is 0.367. The van der Waals surface area contributed by atoms with E-state index in [-0.39, 0.29) is 5.56 Å². The van der Waals surface area contributed by atoms with E-state index in [4.69, 9.17) is 4.74 Å². The third kappa shape index (κ3) is 8.33. The first-order chi connectivity index (χ1) is 20.1. The van der Waals surface area contributed by atoms with Crippen molar-refractivity contribution in [1.82, 2.24) is 19.7 Å². The predicted molar refractivity (Wildman–Crippen MR) is 152 cm³/mol. The second kappa shape index (κ2) is 13.3. The van der Waals surface area contributed by atoms with E-state index in [9.17, 15) is 31.5 Å². The molecule has 1 N–H and O–H groups in total. The van der Waals surface area contributed by atoms with E-state index in [0.717, 1.165) is 12.1 Å². The number of nitrogens with one attached hydrogen (secondary N) is 1. The third-order valence-corrected chi connectivity index (χ3v) is 6.30. The number of hydrogen-bond acceptors (Lipinski definition) is 5. The summed E-state index contributed by atoms with van der Waals surface area (Å²) in [4.78, 5) is 24.0. The lowest BCUT2D eigenvalue weighted by atomic mass is 9.92. The van der Waals surface area contributed by atoms with Crippen LogP contribution in [0.3, 0.4) is 0 Å². The van der Waals surface area contributed by atoms with E-state index in [1.54, 1.807) is 62.2 Å². The summed E-state index contributed by atoms with van der Waals surface area (Å²) in [5, 5.41) is 7.36. The Hall–Kier alpha value is -4.42. The van der Waals surface area contributed by atoms with Crippen LogP contribution >= 0.6 is 0 Å². The molecule has 1 unspecified atom stereocenters. The van der Waals surface area contributed by atoms with Gasteiger partial charge in [-0.1, -0.05) is 39.8 Å². The minimum absolute atomic E-state index is 0.183. The van der Waals surface area contributed by atoms with Crippen LogP contribution in [0.5, 0.6) is 11.5 Å². The Morgan fingerprint density at radius 3 is 2.14 bits per heavy atom. The van der Waals surface area contributed by atoms with Crippen LogP contribution in [0, 0.1) is 5.92 Å². The second-order valence-electron chi connectivity index (χ2n) is 9.90. The summed E-state index contributed by atoms with van der Waals surface area (Å²) in [6, 6.07) is 11.8. The van der Waals surface area contributed by atoms with E-state index in [0.29, 0.717) is 34.8 Å². The van der Waals surface area contributed by atoms with E-state index >= 15 is 0 Å². The molecule has 43 heavy (non-hydrogen) atoms. The molecule has 4 aromatic rings. The monoisotopic (exact) mass is 608 g/mol. The fourth-order valence-corrected chi connectivity index (χ4v) is 4.22. The topological polar surface area (TPSA) is 87.4 Å². The van der Waals surface area contributed by atoms with Gasteiger partial charge in [-0.3, -0.25) is 9.59 Å². The number of alkyl halides is 5. The van der Waals surface area contributed by atoms with Crippen LogP contribution in [0.4, 0.5) is 22.0 Å². The number of aryl methyl sites for hydroxylation is 1. The van der Waals surface area contributed by atoms with Gasteiger partial charge in [0.2, 0.25) is 5.56 Å². The fourth-order valence-electron chi connectivity index (χ4n) is 4.22. The molecule has 1 amide bonds. The van der Waals surface area contributed by atoms with Crippen LogP contribution in [-0.2, 0) is 11.8 Å². The van der Waals surface area contributed by atoms with Crippen molar-refractivity contribution in [3.8, 4) is 17.2 Å². The summed E-state index contributed by atoms with van der Waals surface area (Å²) >= 11 is 0. The Kier molecular flexibility index (Phi) is 10.2. The van der Waals surface area contributed by atoms with Gasteiger partial charge in [0.05, 0.1) is 23.4 Å². The summed E-state index contributed by atoms with van der Waals surface area (Å²) in [6.45, 7) is 7.85. The van der Waals surface area contributed by atoms with Gasteiger partial charge in [0.15, 0.2) is 0 Å². The number of ether oxygens (including phenoxy) is 2. The van der Waals surface area contributed by atoms with Crippen molar-refractivity contribution in [1.29, 1.82) is 0 Å². The number of benzene rings is 2. The Morgan fingerprint density at radius 2 is 1.58 bits per heavy atom. The first kappa shape index (κ1) is 33.1. The van der Waals surface area contributed by atoms with E-state index in [1.807, 2.05) is 13.8 Å². The molecule has 0 aliphatic heterocycles. The summed E-state index contributed by atoms with van der Waals surface area (Å²) in [7, 11) is 1.61. The van der Waals surface area contributed by atoms with E-state index in [1.165, 1.54) is 22.8 Å². The minimum atomic E-state index is -4.90. The van der Waals surface area contributed by atoms with Crippen molar-refractivity contribution < 1.29 is 36.2 Å². The minimum Gasteiger partial charge on any atom is -0.484 e. The quantitative estimate of drug-likeness (QED) is 0.218. The third-order valence-electron chi connectivity index (χ3n) is 6.30. The van der Waals surface area contributed by atoms with Crippen LogP contribution in [-0.4, -0.2) is 38.6 Å². The molecular formula is C30H33F5N4O4. The van der Waals surface area contributed by atoms with Gasteiger partial charge < -0.3 is 19.4 Å². The number of pyridine rings is 1. The summed E-state index contributed by atoms with van der Waals surface area (Å²) < 4.78 is 78.8. The van der Waals surface area contributed by atoms with Gasteiger partial charge in [-0.25, -0.2) is 4.68 Å². The molecule has 0 saturated heterocycles. The smallest absolute Gasteiger partial charge is 0.484 e. The summed E-state index contributed by atoms with van der Waals surface area (Å²) in [6.07, 6.45) is -2.77. The van der Waals surface area contributed by atoms with Crippen LogP contribution in [0.25, 0.3) is 16.6 Å². The van der Waals surface area contributed by atoms with Gasteiger partial charge in [-0.15, -0.1) is 13.2 Å². The molecule has 0 saturated carbocycles. The second-order valence-corrected chi connectivity index (χ2v) is 9.90. The number of amides is 1. The highest BCUT2D eigenvalue weighted by molar-refractivity contribution is 5.83. The van der Waals surface area contributed by atoms with Gasteiger partial charge in [0.1, 0.15) is 17.6 Å². The van der Waals surface area contributed by atoms with E-state index in [2.05, 4.69) is 15.2 Å². The Balaban J connectivity index is 0.00000248. The Labute approximate surface area is 245 Å². The van der Waals surface area contributed by atoms with E-state index < -0.39 is 42.0 Å². The molecule has 13 heteroatoms. The molecule has 2 atom stereocenters. The standard InChI is InChI=1S/C28H27F5N4O4.C2H6/c1-16(2)24(35-26(39)27(3,29)30)25(17-5-8-20(9-6-17)41-28(31,32)33)40-21-10-11-22-18(13-21)14-34-37(22)19-7-12-23(38)36(4)15-19;1-2/h5-16,24-25H,1-4H3,(H,35,39);1-2H3/t24?,25-;/m1./s1. The zero-order chi connectivity index (χ0) is 32.1. The number of rotatable bonds is 9. The van der Waals surface area contributed by atoms with Gasteiger partial charge in [0, 0.05) is 31.6 Å². The number of fused-ring (bicyclic) bond motifs is 1. The number of nitrogens with zero attached hydrogens (tertiary/aromatic N) is 3. The normalized spacial score (nSPS) is 13.2. The molecule has 0 radical (unpaired) electrons. The van der Waals surface area contributed by atoms with Crippen LogP contribution in [0.15, 0.2) is 71.8 Å². The molecule has 4 rings (SSSR count). The molecule has 2 aromatic carbocycles. The lowest BCUT2D eigenvalue weighted by Gasteiger charge is -2.32. The van der Waals surface area contributed by atoms with Crippen molar-refractivity contribution >= 4 is 16.8 Å². The van der Waals surface area contributed by atoms with Gasteiger partial charge in [-0.2, -0.15) is 13.9 Å². The molecular weight excluding hydrogens is 575 g/mol. The molecule has 0 aliphatic carbocycles. The number of halogens is 5. The molecule has 2 heterocycles. The highest BCUT2D eigenvalue weighted by Crippen LogP contribution is 2.33. The number of carbonyl (C=O) groups excluding carboxylic acids is 1. The molecule has 2 aromatic heterocycles. The molecule has 0 fully saturated rings. The van der Waals surface area contributed by atoms with Crippen LogP contribution < -0.4 is 20.3 Å². The maximum absolute atomic E-state index is 13.8. The lowest BCUT2D eigenvalue weighted by Crippen LogP contribution is -2.49. The predicted octanol–water partition coefficient (Wildman–Crippen LogP) is 6.57. The van der Waals surface area contributed by atoms with Crippen LogP contribution in [0.1, 0.15) is 46.3 Å². The van der Waals surface area contributed by atoms with Crippen molar-refractivity contribution in [3.63, 3.8) is 0 Å². The zero-order valence-corrected chi connectivity index (χ0v) is 24.4. The van der Waals surface area contributed by atoms with Crippen LogP contribution in [0.2, 0.25) is 0 Å². The lowest BCUT2D eigenvalue weighted by molar-refractivity contribution is -0.274. The molecule has 0 spiro atoms. The molecule has 232 valence electrons. The molecule has 0 aliphatic rings. The molecule has 8 nitrogen and oxygen atoms in total. The highest BCUT2D eigenvalue weighted by atomic mass is 19.4. The number of hydrogen-bond donors (Lipinski definition) is 1. The van der Waals surface area contributed by atoms with Crippen molar-refractivity contribution in [2.45, 2.75) is 59.0 Å². The summed E-state index contributed by atoms with van der Waals surface area (Å²) in [5.74, 6) is -5.79. The molecule has 0 bridgehead atoms. The number of carbonyl (C=O) groups is 1. The first-order valence-corrected chi connectivity index (χ1v) is 13.5. The average molecular weight is 609 g/mol. The first-order valence-electron chi connectivity index (χ1n) is 13.5. The maximum atomic E-state index is 13.8. The van der Waals surface area contributed by atoms with Gasteiger partial charge in [0.25, 0.3) is 5.91 Å². The van der Waals surface area contributed by atoms with Crippen molar-refractivity contribution in [2.24, 2.45) is 13.0 Å². The highest BCUT2D eigenvalue weighted by Gasteiger charge is 2.38. The Bertz CT molecular complexity index is 1590. The average Bonchev–Trinajstić information content (AvgIpc) is 3.35. The number of aromatic nitrogens is 3. The maximum Gasteiger partial charge on any atom is 0.573 e. The van der Waals surface area contributed by atoms with Crippen molar-refractivity contribution in [2.75, 3.05) is 0 Å². The Morgan fingerprint density at radius 1 is 0.953 bits per heavy atom. The largest absolute Gasteiger partial charge is 0.573 e. The van der Waals surface area contributed by atoms with Crippen molar-refractivity contribution in [3.05, 3.63) is 82.9 Å². The zero-order valence-electron chi connectivity index (χ0n) is 24.4. The van der Waals surface area contributed by atoms with Gasteiger partial charge >= 0.3 is 12.3 Å².